The first-order chi connectivity index (χ1) is 9.04. The smallest absolute Gasteiger partial charge is 0.216 e. The van der Waals surface area contributed by atoms with E-state index in [9.17, 15) is 13.9 Å². The molecule has 4 nitrogen and oxygen atoms in total. The number of benzene rings is 1. The molecule has 0 spiro atoms. The first-order valence-corrected chi connectivity index (χ1v) is 5.53. The molecule has 0 radical (unpaired) electrons. The van der Waals surface area contributed by atoms with Crippen LogP contribution >= 0.6 is 0 Å². The predicted molar refractivity (Wildman–Crippen MR) is 63.7 cm³/mol. The van der Waals surface area contributed by atoms with Gasteiger partial charge in [0.15, 0.2) is 0 Å². The highest BCUT2D eigenvalue weighted by Gasteiger charge is 2.22. The summed E-state index contributed by atoms with van der Waals surface area (Å²) in [5.74, 6) is -1.41. The van der Waals surface area contributed by atoms with Gasteiger partial charge in [-0.3, -0.25) is 0 Å². The average molecular weight is 266 g/mol. The van der Waals surface area contributed by atoms with Crippen LogP contribution in [0.5, 0.6) is 5.88 Å². The molecule has 1 heterocycles. The van der Waals surface area contributed by atoms with Crippen molar-refractivity contribution in [1.29, 1.82) is 0 Å². The first kappa shape index (κ1) is 13.4. The number of aliphatic hydroxyl groups excluding tert-OH is 1. The van der Waals surface area contributed by atoms with Crippen LogP contribution in [-0.4, -0.2) is 22.2 Å². The van der Waals surface area contributed by atoms with Crippen molar-refractivity contribution in [2.45, 2.75) is 13.0 Å². The topological polar surface area (TPSA) is 55.2 Å². The first-order valence-electron chi connectivity index (χ1n) is 5.53. The van der Waals surface area contributed by atoms with E-state index in [1.54, 1.807) is 0 Å². The molecule has 0 amide bonds. The summed E-state index contributed by atoms with van der Waals surface area (Å²) in [6, 6.07) is 3.74. The van der Waals surface area contributed by atoms with Crippen LogP contribution in [0.25, 0.3) is 0 Å². The Bertz CT molecular complexity index is 605. The van der Waals surface area contributed by atoms with Crippen LogP contribution in [0, 0.1) is 18.6 Å². The van der Waals surface area contributed by atoms with Gasteiger partial charge >= 0.3 is 0 Å². The summed E-state index contributed by atoms with van der Waals surface area (Å²) >= 11 is 0. The van der Waals surface area contributed by atoms with Gasteiger partial charge in [0.2, 0.25) is 5.88 Å². The number of rotatable bonds is 3. The Morgan fingerprint density at radius 2 is 2.00 bits per heavy atom. The maximum atomic E-state index is 13.9. The summed E-state index contributed by atoms with van der Waals surface area (Å²) in [7, 11) is 1.40. The molecule has 0 fully saturated rings. The standard InChI is InChI=1S/C13H12F2N2O2/c1-7-3-4-8(14)11(12(7)15)13(18)9-5-10(19-2)17-6-16-9/h3-6,13,18H,1-2H3. The molecule has 1 N–H and O–H groups in total. The summed E-state index contributed by atoms with van der Waals surface area (Å²) in [6.07, 6.45) is -0.361. The monoisotopic (exact) mass is 266 g/mol. The molecule has 0 aliphatic rings. The van der Waals surface area contributed by atoms with Crippen molar-refractivity contribution in [2.75, 3.05) is 7.11 Å². The summed E-state index contributed by atoms with van der Waals surface area (Å²) < 4.78 is 32.5. The maximum Gasteiger partial charge on any atom is 0.216 e. The summed E-state index contributed by atoms with van der Waals surface area (Å²) in [6.45, 7) is 1.49. The quantitative estimate of drug-likeness (QED) is 0.924. The van der Waals surface area contributed by atoms with E-state index < -0.39 is 23.3 Å². The molecule has 0 bridgehead atoms. The molecule has 0 aliphatic carbocycles. The highest BCUT2D eigenvalue weighted by atomic mass is 19.1. The highest BCUT2D eigenvalue weighted by Crippen LogP contribution is 2.28. The highest BCUT2D eigenvalue weighted by molar-refractivity contribution is 5.33. The zero-order valence-electron chi connectivity index (χ0n) is 10.4. The Morgan fingerprint density at radius 3 is 2.68 bits per heavy atom. The Hall–Kier alpha value is -2.08. The van der Waals surface area contributed by atoms with Gasteiger partial charge in [-0.05, 0) is 18.6 Å². The lowest BCUT2D eigenvalue weighted by Gasteiger charge is -2.14. The number of hydrogen-bond donors (Lipinski definition) is 1. The van der Waals surface area contributed by atoms with Crippen molar-refractivity contribution in [3.8, 4) is 5.88 Å². The van der Waals surface area contributed by atoms with Crippen LogP contribution in [0.4, 0.5) is 8.78 Å². The van der Waals surface area contributed by atoms with E-state index >= 15 is 0 Å². The maximum absolute atomic E-state index is 13.9. The fourth-order valence-corrected chi connectivity index (χ4v) is 1.69. The lowest BCUT2D eigenvalue weighted by Crippen LogP contribution is -2.09. The second kappa shape index (κ2) is 5.27. The molecule has 0 aliphatic heterocycles. The molecule has 2 aromatic rings. The normalized spacial score (nSPS) is 12.3. The van der Waals surface area contributed by atoms with E-state index in [-0.39, 0.29) is 17.1 Å². The Labute approximate surface area is 108 Å². The number of hydrogen-bond acceptors (Lipinski definition) is 4. The molecular weight excluding hydrogens is 254 g/mol. The van der Waals surface area contributed by atoms with Crippen LogP contribution < -0.4 is 4.74 Å². The largest absolute Gasteiger partial charge is 0.481 e. The third-order valence-corrected chi connectivity index (χ3v) is 2.75. The Kier molecular flexibility index (Phi) is 3.71. The van der Waals surface area contributed by atoms with Crippen molar-refractivity contribution in [1.82, 2.24) is 9.97 Å². The average Bonchev–Trinajstić information content (AvgIpc) is 2.43. The van der Waals surface area contributed by atoms with Crippen LogP contribution in [-0.2, 0) is 0 Å². The molecule has 1 unspecified atom stereocenters. The van der Waals surface area contributed by atoms with E-state index in [2.05, 4.69) is 9.97 Å². The van der Waals surface area contributed by atoms with Gasteiger partial charge in [0, 0.05) is 6.07 Å². The SMILES string of the molecule is COc1cc(C(O)c2c(F)ccc(C)c2F)ncn1. The van der Waals surface area contributed by atoms with Crippen LogP contribution in [0.3, 0.4) is 0 Å². The van der Waals surface area contributed by atoms with Gasteiger partial charge in [0.25, 0.3) is 0 Å². The summed E-state index contributed by atoms with van der Waals surface area (Å²) in [4.78, 5) is 7.57. The number of methoxy groups -OCH3 is 1. The van der Waals surface area contributed by atoms with E-state index in [4.69, 9.17) is 4.74 Å². The van der Waals surface area contributed by atoms with E-state index in [1.165, 1.54) is 26.2 Å². The number of aryl methyl sites for hydroxylation is 1. The summed E-state index contributed by atoms with van der Waals surface area (Å²) in [5.41, 5.74) is -0.118. The van der Waals surface area contributed by atoms with Crippen molar-refractivity contribution >= 4 is 0 Å². The van der Waals surface area contributed by atoms with Gasteiger partial charge in [-0.2, -0.15) is 0 Å². The van der Waals surface area contributed by atoms with Crippen molar-refractivity contribution < 1.29 is 18.6 Å². The van der Waals surface area contributed by atoms with E-state index in [1.807, 2.05) is 0 Å². The third kappa shape index (κ3) is 2.53. The van der Waals surface area contributed by atoms with Gasteiger partial charge in [0.1, 0.15) is 24.1 Å². The van der Waals surface area contributed by atoms with Gasteiger partial charge in [-0.25, -0.2) is 18.7 Å². The van der Waals surface area contributed by atoms with Gasteiger partial charge in [-0.1, -0.05) is 6.07 Å². The van der Waals surface area contributed by atoms with E-state index in [0.29, 0.717) is 0 Å². The molecule has 1 atom stereocenters. The molecule has 6 heteroatoms. The van der Waals surface area contributed by atoms with Gasteiger partial charge in [-0.15, -0.1) is 0 Å². The van der Waals surface area contributed by atoms with Crippen LogP contribution in [0.15, 0.2) is 24.5 Å². The molecule has 0 saturated carbocycles. The molecule has 1 aromatic heterocycles. The molecule has 0 saturated heterocycles. The minimum atomic E-state index is -1.52. The predicted octanol–water partition coefficient (Wildman–Crippen LogP) is 2.15. The lowest BCUT2D eigenvalue weighted by atomic mass is 10.0. The summed E-state index contributed by atoms with van der Waals surface area (Å²) in [5, 5.41) is 10.1. The third-order valence-electron chi connectivity index (χ3n) is 2.75. The Morgan fingerprint density at radius 1 is 1.26 bits per heavy atom. The molecule has 1 aromatic carbocycles. The number of ether oxygens (including phenoxy) is 1. The number of aliphatic hydroxyl groups is 1. The van der Waals surface area contributed by atoms with Crippen LogP contribution in [0.2, 0.25) is 0 Å². The zero-order valence-corrected chi connectivity index (χ0v) is 10.4. The van der Waals surface area contributed by atoms with Crippen LogP contribution in [0.1, 0.15) is 22.9 Å². The van der Waals surface area contributed by atoms with Crippen molar-refractivity contribution in [2.24, 2.45) is 0 Å². The Balaban J connectivity index is 2.49. The van der Waals surface area contributed by atoms with Gasteiger partial charge < -0.3 is 9.84 Å². The minimum Gasteiger partial charge on any atom is -0.481 e. The molecular formula is C13H12F2N2O2. The van der Waals surface area contributed by atoms with E-state index in [0.717, 1.165) is 12.4 Å². The lowest BCUT2D eigenvalue weighted by molar-refractivity contribution is 0.203. The number of halogens is 2. The molecule has 19 heavy (non-hydrogen) atoms. The molecule has 100 valence electrons. The van der Waals surface area contributed by atoms with Crippen molar-refractivity contribution in [3.63, 3.8) is 0 Å². The van der Waals surface area contributed by atoms with Crippen molar-refractivity contribution in [3.05, 3.63) is 53.0 Å². The second-order valence-corrected chi connectivity index (χ2v) is 3.98. The van der Waals surface area contributed by atoms with Gasteiger partial charge in [0.05, 0.1) is 18.4 Å². The fourth-order valence-electron chi connectivity index (χ4n) is 1.69. The second-order valence-electron chi connectivity index (χ2n) is 3.98. The molecule has 2 rings (SSSR count). The minimum absolute atomic E-state index is 0.0650. The number of nitrogens with zero attached hydrogens (tertiary/aromatic N) is 2. The fraction of sp³-hybridized carbons (Fsp3) is 0.231. The zero-order chi connectivity index (χ0) is 14.0. The number of aromatic nitrogens is 2.